The Morgan fingerprint density at radius 3 is 1.47 bits per heavy atom. The Kier molecular flexibility index (Phi) is 15.2. The first-order valence-corrected chi connectivity index (χ1v) is 22.0. The van der Waals surface area contributed by atoms with Crippen LogP contribution in [0.5, 0.6) is 0 Å². The zero-order valence-electron chi connectivity index (χ0n) is 35.9. The van der Waals surface area contributed by atoms with Gasteiger partial charge in [-0.25, -0.2) is 9.59 Å². The fourth-order valence-electron chi connectivity index (χ4n) is 9.73. The van der Waals surface area contributed by atoms with Crippen molar-refractivity contribution in [2.45, 2.75) is 139 Å². The van der Waals surface area contributed by atoms with Gasteiger partial charge in [-0.3, -0.25) is 9.59 Å². The number of carbonyl (C=O) groups excluding carboxylic acids is 4. The number of hydrogen-bond donors (Lipinski definition) is 2. The van der Waals surface area contributed by atoms with Crippen molar-refractivity contribution in [1.29, 1.82) is 0 Å². The van der Waals surface area contributed by atoms with Gasteiger partial charge in [0, 0.05) is 38.0 Å². The zero-order chi connectivity index (χ0) is 41.5. The van der Waals surface area contributed by atoms with Gasteiger partial charge in [-0.2, -0.15) is 0 Å². The minimum Gasteiger partial charge on any atom is -0.459 e. The molecule has 2 amide bonds. The highest BCUT2D eigenvalue weighted by Gasteiger charge is 2.64. The molecule has 4 heterocycles. The number of nitrogens with one attached hydrogen (secondary N) is 2. The molecular weight excluding hydrogens is 745 g/mol. The number of alkyl carbamates (subject to hydrolysis) is 2. The fourth-order valence-corrected chi connectivity index (χ4v) is 9.73. The van der Waals surface area contributed by atoms with Gasteiger partial charge in [-0.1, -0.05) is 37.8 Å². The van der Waals surface area contributed by atoms with Crippen LogP contribution in [0, 0.1) is 23.7 Å². The summed E-state index contributed by atoms with van der Waals surface area (Å²) >= 11 is 0. The second-order valence-corrected chi connectivity index (χ2v) is 18.6. The number of fused-ring (bicyclic) bond motifs is 6. The Hall–Kier alpha value is -3.20. The van der Waals surface area contributed by atoms with Crippen LogP contribution in [-0.4, -0.2) is 137 Å². The highest BCUT2D eigenvalue weighted by Crippen LogP contribution is 2.51. The van der Waals surface area contributed by atoms with Gasteiger partial charge in [-0.15, -0.1) is 0 Å². The average molecular weight is 815 g/mol. The number of unbranched alkanes of at least 4 members (excludes halogenated alkanes) is 5. The molecule has 14 nitrogen and oxygen atoms in total. The van der Waals surface area contributed by atoms with Gasteiger partial charge in [0.1, 0.15) is 37.6 Å². The Balaban J connectivity index is 0.801. The van der Waals surface area contributed by atoms with E-state index in [2.05, 4.69) is 36.6 Å². The van der Waals surface area contributed by atoms with E-state index < -0.39 is 12.2 Å². The number of carbonyl (C=O) groups is 4. The molecule has 0 aromatic heterocycles. The van der Waals surface area contributed by atoms with Crippen molar-refractivity contribution < 1.29 is 47.6 Å². The van der Waals surface area contributed by atoms with E-state index in [1.807, 2.05) is 38.0 Å². The molecule has 58 heavy (non-hydrogen) atoms. The summed E-state index contributed by atoms with van der Waals surface area (Å²) in [4.78, 5) is 54.7. The van der Waals surface area contributed by atoms with E-state index >= 15 is 0 Å². The Labute approximate surface area is 345 Å². The summed E-state index contributed by atoms with van der Waals surface area (Å²) in [6.07, 6.45) is 15.3. The molecule has 14 heteroatoms. The Bertz CT molecular complexity index is 1410. The lowest BCUT2D eigenvalue weighted by molar-refractivity contribution is -0.146. The molecule has 2 aliphatic carbocycles. The Morgan fingerprint density at radius 2 is 1.07 bits per heavy atom. The Morgan fingerprint density at radius 1 is 0.672 bits per heavy atom. The monoisotopic (exact) mass is 815 g/mol. The number of nitrogens with zero attached hydrogens (tertiary/aromatic N) is 2. The molecule has 0 aromatic rings. The third-order valence-corrected chi connectivity index (χ3v) is 13.3. The number of hydrogen-bond acceptors (Lipinski definition) is 12. The molecule has 4 aliphatic heterocycles. The molecule has 326 valence electrons. The molecule has 4 fully saturated rings. The SMILES string of the molecule is CN(C)CC1C(=O)O[C@H]2[C@H]1CC/C(COC(=O)NCCCCCCCCNC(=O)OC/C1=C/CC[C@@]3(C)O[C@H]3[C@H]3OC(=O)C(CN(C)C)[C@@H]3CC1)=C\CC[C@@]1(C)O[C@@H]21. The van der Waals surface area contributed by atoms with Crippen LogP contribution in [0.2, 0.25) is 0 Å². The van der Waals surface area contributed by atoms with Crippen LogP contribution in [0.25, 0.3) is 0 Å². The van der Waals surface area contributed by atoms with Crippen LogP contribution in [0.1, 0.15) is 104 Å². The molecule has 0 saturated carbocycles. The maximum atomic E-state index is 12.8. The average Bonchev–Trinajstić information content (AvgIpc) is 3.97. The summed E-state index contributed by atoms with van der Waals surface area (Å²) in [5, 5.41) is 5.78. The first-order valence-electron chi connectivity index (χ1n) is 22.0. The van der Waals surface area contributed by atoms with Gasteiger partial charge < -0.3 is 48.9 Å². The van der Waals surface area contributed by atoms with Crippen molar-refractivity contribution in [1.82, 2.24) is 20.4 Å². The third-order valence-electron chi connectivity index (χ3n) is 13.3. The van der Waals surface area contributed by atoms with Crippen molar-refractivity contribution in [3.63, 3.8) is 0 Å². The lowest BCUT2D eigenvalue weighted by atomic mass is 9.80. The molecule has 0 spiro atoms. The van der Waals surface area contributed by atoms with Crippen LogP contribution in [0.3, 0.4) is 0 Å². The van der Waals surface area contributed by atoms with E-state index in [0.29, 0.717) is 26.2 Å². The minimum atomic E-state index is -0.407. The topological polar surface area (TPSA) is 161 Å². The molecule has 2 unspecified atom stereocenters. The van der Waals surface area contributed by atoms with Crippen LogP contribution in [0.15, 0.2) is 23.3 Å². The molecule has 6 aliphatic rings. The van der Waals surface area contributed by atoms with E-state index in [4.69, 9.17) is 28.4 Å². The lowest BCUT2D eigenvalue weighted by Gasteiger charge is -2.24. The van der Waals surface area contributed by atoms with E-state index in [1.165, 1.54) is 0 Å². The largest absolute Gasteiger partial charge is 0.459 e. The lowest BCUT2D eigenvalue weighted by Crippen LogP contribution is -2.34. The van der Waals surface area contributed by atoms with Crippen LogP contribution >= 0.6 is 0 Å². The quantitative estimate of drug-likeness (QED) is 0.0622. The van der Waals surface area contributed by atoms with Crippen molar-refractivity contribution >= 4 is 24.1 Å². The normalized spacial score (nSPS) is 36.1. The number of epoxide rings is 2. The molecule has 0 aromatic carbocycles. The molecule has 6 rings (SSSR count). The summed E-state index contributed by atoms with van der Waals surface area (Å²) in [6, 6.07) is 0. The maximum Gasteiger partial charge on any atom is 0.407 e. The van der Waals surface area contributed by atoms with Crippen LogP contribution < -0.4 is 10.6 Å². The van der Waals surface area contributed by atoms with Crippen molar-refractivity contribution in [2.75, 3.05) is 67.6 Å². The van der Waals surface area contributed by atoms with Crippen molar-refractivity contribution in [3.8, 4) is 0 Å². The zero-order valence-corrected chi connectivity index (χ0v) is 35.9. The highest BCUT2D eigenvalue weighted by molar-refractivity contribution is 5.76. The van der Waals surface area contributed by atoms with Crippen LogP contribution in [-0.2, 0) is 38.0 Å². The van der Waals surface area contributed by atoms with Gasteiger partial charge in [0.05, 0.1) is 23.0 Å². The molecule has 0 bridgehead atoms. The number of esters is 2. The summed E-state index contributed by atoms with van der Waals surface area (Å²) in [7, 11) is 7.91. The van der Waals surface area contributed by atoms with Gasteiger partial charge in [-0.05, 0) is 117 Å². The second-order valence-electron chi connectivity index (χ2n) is 18.6. The smallest absolute Gasteiger partial charge is 0.407 e. The van der Waals surface area contributed by atoms with E-state index in [1.54, 1.807) is 0 Å². The predicted octanol–water partition coefficient (Wildman–Crippen LogP) is 5.53. The summed E-state index contributed by atoms with van der Waals surface area (Å²) in [6.45, 7) is 7.10. The molecular formula is C44H70N4O10. The summed E-state index contributed by atoms with van der Waals surface area (Å²) in [5.74, 6) is -0.478. The fraction of sp³-hybridized carbons (Fsp3) is 0.818. The number of rotatable bonds is 17. The highest BCUT2D eigenvalue weighted by atomic mass is 16.7. The third kappa shape index (κ3) is 11.8. The van der Waals surface area contributed by atoms with Crippen molar-refractivity contribution in [3.05, 3.63) is 23.3 Å². The summed E-state index contributed by atoms with van der Waals surface area (Å²) < 4.78 is 35.2. The van der Waals surface area contributed by atoms with Gasteiger partial charge in [0.2, 0.25) is 0 Å². The maximum absolute atomic E-state index is 12.8. The van der Waals surface area contributed by atoms with Crippen LogP contribution in [0.4, 0.5) is 9.59 Å². The molecule has 2 N–H and O–H groups in total. The van der Waals surface area contributed by atoms with Gasteiger partial charge in [0.15, 0.2) is 0 Å². The molecule has 10 atom stereocenters. The second kappa shape index (κ2) is 19.9. The van der Waals surface area contributed by atoms with E-state index in [0.717, 1.165) is 101 Å². The van der Waals surface area contributed by atoms with Crippen molar-refractivity contribution in [2.24, 2.45) is 23.7 Å². The predicted molar refractivity (Wildman–Crippen MR) is 217 cm³/mol. The van der Waals surface area contributed by atoms with E-state index in [-0.39, 0.29) is 84.4 Å². The standard InChI is InChI=1S/C44H70N4O10/c1-43-21-13-15-29(17-19-31-33(25-47(3)4)39(49)55-35(31)37(43)57-43)27-53-41(51)45-23-11-9-7-8-10-12-24-46-42(52)54-28-30-16-14-22-44(2)38(58-44)36-32(20-18-30)34(26-48(5)6)40(50)56-36/h15-16,31-38H,7-14,17-28H2,1-6H3,(H,45,51)(H,46,52)/b29-15+,30-16+/t31-,32-,33?,34?,35-,36-,37-,38-,43+,44+/m0/s1. The minimum absolute atomic E-state index is 0.0417. The molecule has 0 radical (unpaired) electrons. The first-order chi connectivity index (χ1) is 27.8. The van der Waals surface area contributed by atoms with Gasteiger partial charge >= 0.3 is 24.1 Å². The van der Waals surface area contributed by atoms with E-state index in [9.17, 15) is 19.2 Å². The number of allylic oxidation sites excluding steroid dienone is 2. The number of ether oxygens (including phenoxy) is 6. The molecule has 4 saturated heterocycles. The number of amides is 2. The summed E-state index contributed by atoms with van der Waals surface area (Å²) in [5.41, 5.74) is 1.60. The first kappa shape index (κ1) is 44.4. The van der Waals surface area contributed by atoms with Gasteiger partial charge in [0.25, 0.3) is 0 Å².